The summed E-state index contributed by atoms with van der Waals surface area (Å²) in [6, 6.07) is 5.73. The Morgan fingerprint density at radius 3 is 2.79 bits per heavy atom. The zero-order valence-corrected chi connectivity index (χ0v) is 17.5. The first-order valence-electron chi connectivity index (χ1n) is 9.77. The Hall–Kier alpha value is -2.52. The summed E-state index contributed by atoms with van der Waals surface area (Å²) in [6.07, 6.45) is 4.99. The van der Waals surface area contributed by atoms with Crippen LogP contribution in [0.15, 0.2) is 34.6 Å². The fourth-order valence-electron chi connectivity index (χ4n) is 3.66. The lowest BCUT2D eigenvalue weighted by Gasteiger charge is -2.23. The third kappa shape index (κ3) is 4.25. The Morgan fingerprint density at radius 2 is 2.03 bits per heavy atom. The molecule has 3 aromatic rings. The molecule has 0 saturated carbocycles. The van der Waals surface area contributed by atoms with Gasteiger partial charge in [-0.15, -0.1) is 0 Å². The summed E-state index contributed by atoms with van der Waals surface area (Å²) in [5, 5.41) is 4.25. The van der Waals surface area contributed by atoms with Crippen molar-refractivity contribution >= 4 is 28.7 Å². The van der Waals surface area contributed by atoms with E-state index in [9.17, 15) is 0 Å². The van der Waals surface area contributed by atoms with E-state index < -0.39 is 0 Å². The average Bonchev–Trinajstić information content (AvgIpc) is 3.11. The number of methoxy groups -OCH3 is 2. The van der Waals surface area contributed by atoms with Crippen LogP contribution in [-0.4, -0.2) is 46.8 Å². The maximum atomic E-state index is 6.08. The highest BCUT2D eigenvalue weighted by Gasteiger charge is 2.20. The van der Waals surface area contributed by atoms with E-state index in [0.29, 0.717) is 17.3 Å². The lowest BCUT2D eigenvalue weighted by molar-refractivity contribution is 0.335. The fourth-order valence-corrected chi connectivity index (χ4v) is 4.71. The van der Waals surface area contributed by atoms with Gasteiger partial charge in [0.15, 0.2) is 22.1 Å². The van der Waals surface area contributed by atoms with Gasteiger partial charge in [-0.05, 0) is 68.2 Å². The van der Waals surface area contributed by atoms with Crippen LogP contribution in [0.4, 0.5) is 5.82 Å². The molecule has 0 bridgehead atoms. The van der Waals surface area contributed by atoms with Crippen LogP contribution in [0.25, 0.3) is 11.2 Å². The van der Waals surface area contributed by atoms with Crippen molar-refractivity contribution in [1.82, 2.24) is 24.8 Å². The monoisotopic (exact) mass is 414 g/mol. The molecule has 154 valence electrons. The normalized spacial score (nSPS) is 15.0. The van der Waals surface area contributed by atoms with Gasteiger partial charge >= 0.3 is 0 Å². The molecule has 0 amide bonds. The molecule has 2 aromatic heterocycles. The molecule has 4 rings (SSSR count). The van der Waals surface area contributed by atoms with Gasteiger partial charge in [-0.3, -0.25) is 0 Å². The maximum absolute atomic E-state index is 6.08. The predicted octanol–water partition coefficient (Wildman–Crippen LogP) is 2.97. The van der Waals surface area contributed by atoms with E-state index in [1.807, 2.05) is 18.2 Å². The Bertz CT molecular complexity index is 987. The van der Waals surface area contributed by atoms with Crippen molar-refractivity contribution in [3.05, 3.63) is 24.5 Å². The van der Waals surface area contributed by atoms with Crippen molar-refractivity contribution in [2.75, 3.05) is 33.0 Å². The minimum absolute atomic E-state index is 0.398. The Morgan fingerprint density at radius 1 is 1.21 bits per heavy atom. The first-order chi connectivity index (χ1) is 14.2. The largest absolute Gasteiger partial charge is 0.497 e. The van der Waals surface area contributed by atoms with E-state index in [1.165, 1.54) is 30.9 Å². The summed E-state index contributed by atoms with van der Waals surface area (Å²) in [5.41, 5.74) is 7.50. The van der Waals surface area contributed by atoms with Crippen LogP contribution in [0, 0.1) is 5.92 Å². The molecule has 29 heavy (non-hydrogen) atoms. The third-order valence-corrected chi connectivity index (χ3v) is 6.35. The van der Waals surface area contributed by atoms with E-state index in [0.717, 1.165) is 53.3 Å². The standard InChI is InChI=1S/C20H26N6O2S/c1-27-14-3-4-15(28-2)16(11-14)29-20-25-17-18(21)23-12-24-19(17)26(20)10-7-13-5-8-22-9-6-13/h3-4,11-13,22H,5-10H2,1-2H3,(H2,21,23,24). The Kier molecular flexibility index (Phi) is 6.05. The molecule has 9 heteroatoms. The molecule has 1 aliphatic rings. The van der Waals surface area contributed by atoms with Gasteiger partial charge < -0.3 is 25.1 Å². The van der Waals surface area contributed by atoms with E-state index in [1.54, 1.807) is 14.2 Å². The molecule has 0 atom stereocenters. The number of nitrogens with zero attached hydrogens (tertiary/aromatic N) is 4. The van der Waals surface area contributed by atoms with Gasteiger partial charge in [-0.2, -0.15) is 0 Å². The number of nitrogens with one attached hydrogen (secondary N) is 1. The number of benzene rings is 1. The van der Waals surface area contributed by atoms with Crippen LogP contribution in [-0.2, 0) is 6.54 Å². The summed E-state index contributed by atoms with van der Waals surface area (Å²) >= 11 is 1.53. The molecular formula is C20H26N6O2S. The zero-order valence-electron chi connectivity index (χ0n) is 16.7. The van der Waals surface area contributed by atoms with Crippen LogP contribution >= 0.6 is 11.8 Å². The molecule has 1 aliphatic heterocycles. The minimum Gasteiger partial charge on any atom is -0.497 e. The smallest absolute Gasteiger partial charge is 0.175 e. The number of anilines is 1. The highest BCUT2D eigenvalue weighted by atomic mass is 32.2. The predicted molar refractivity (Wildman–Crippen MR) is 114 cm³/mol. The SMILES string of the molecule is COc1ccc(OC)c(Sc2nc3c(N)ncnc3n2CCC2CCNCC2)c1. The highest BCUT2D eigenvalue weighted by molar-refractivity contribution is 7.99. The average molecular weight is 415 g/mol. The van der Waals surface area contributed by atoms with E-state index in [2.05, 4.69) is 19.9 Å². The number of piperidine rings is 1. The van der Waals surface area contributed by atoms with Crippen LogP contribution in [0.5, 0.6) is 11.5 Å². The second-order valence-corrected chi connectivity index (χ2v) is 8.09. The number of aromatic nitrogens is 4. The number of nitrogen functional groups attached to an aromatic ring is 1. The molecule has 1 fully saturated rings. The molecule has 0 unspecified atom stereocenters. The lowest BCUT2D eigenvalue weighted by atomic mass is 9.95. The zero-order chi connectivity index (χ0) is 20.2. The number of fused-ring (bicyclic) bond motifs is 1. The molecule has 1 aromatic carbocycles. The number of rotatable bonds is 7. The number of aryl methyl sites for hydroxylation is 1. The maximum Gasteiger partial charge on any atom is 0.175 e. The van der Waals surface area contributed by atoms with Crippen molar-refractivity contribution in [1.29, 1.82) is 0 Å². The van der Waals surface area contributed by atoms with Gasteiger partial charge in [-0.1, -0.05) is 0 Å². The molecule has 0 aliphatic carbocycles. The topological polar surface area (TPSA) is 100 Å². The second kappa shape index (κ2) is 8.87. The number of hydrogen-bond acceptors (Lipinski definition) is 8. The fraction of sp³-hybridized carbons (Fsp3) is 0.450. The van der Waals surface area contributed by atoms with Gasteiger partial charge in [0.1, 0.15) is 17.8 Å². The van der Waals surface area contributed by atoms with Crippen LogP contribution in [0.1, 0.15) is 19.3 Å². The van der Waals surface area contributed by atoms with E-state index in [4.69, 9.17) is 20.2 Å². The van der Waals surface area contributed by atoms with Crippen LogP contribution in [0.2, 0.25) is 0 Å². The Balaban J connectivity index is 1.68. The number of imidazole rings is 1. The summed E-state index contributed by atoms with van der Waals surface area (Å²) in [4.78, 5) is 14.3. The van der Waals surface area contributed by atoms with Crippen molar-refractivity contribution in [3.8, 4) is 11.5 Å². The Labute approximate surface area is 174 Å². The third-order valence-electron chi connectivity index (χ3n) is 5.32. The van der Waals surface area contributed by atoms with Gasteiger partial charge in [0.05, 0.1) is 19.1 Å². The summed E-state index contributed by atoms with van der Waals surface area (Å²) in [7, 11) is 3.32. The number of nitrogens with two attached hydrogens (primary N) is 1. The number of ether oxygens (including phenoxy) is 2. The van der Waals surface area contributed by atoms with Crippen molar-refractivity contribution < 1.29 is 9.47 Å². The molecule has 3 N–H and O–H groups in total. The molecule has 0 radical (unpaired) electrons. The first kappa shape index (κ1) is 19.8. The molecule has 1 saturated heterocycles. The summed E-state index contributed by atoms with van der Waals surface area (Å²) in [6.45, 7) is 3.02. The second-order valence-electron chi connectivity index (χ2n) is 7.08. The van der Waals surface area contributed by atoms with Crippen molar-refractivity contribution in [2.24, 2.45) is 5.92 Å². The van der Waals surface area contributed by atoms with E-state index >= 15 is 0 Å². The first-order valence-corrected chi connectivity index (χ1v) is 10.6. The molecular weight excluding hydrogens is 388 g/mol. The van der Waals surface area contributed by atoms with Crippen molar-refractivity contribution in [3.63, 3.8) is 0 Å². The van der Waals surface area contributed by atoms with Crippen molar-refractivity contribution in [2.45, 2.75) is 35.9 Å². The molecule has 8 nitrogen and oxygen atoms in total. The van der Waals surface area contributed by atoms with Crippen LogP contribution < -0.4 is 20.5 Å². The molecule has 3 heterocycles. The quantitative estimate of drug-likeness (QED) is 0.609. The summed E-state index contributed by atoms with van der Waals surface area (Å²) in [5.74, 6) is 2.64. The van der Waals surface area contributed by atoms with Gasteiger partial charge in [0.25, 0.3) is 0 Å². The van der Waals surface area contributed by atoms with E-state index in [-0.39, 0.29) is 0 Å². The van der Waals surface area contributed by atoms with Gasteiger partial charge in [0.2, 0.25) is 0 Å². The lowest BCUT2D eigenvalue weighted by Crippen LogP contribution is -2.28. The minimum atomic E-state index is 0.398. The highest BCUT2D eigenvalue weighted by Crippen LogP contribution is 2.38. The molecule has 0 spiro atoms. The van der Waals surface area contributed by atoms with Crippen LogP contribution in [0.3, 0.4) is 0 Å². The summed E-state index contributed by atoms with van der Waals surface area (Å²) < 4.78 is 13.1. The number of hydrogen-bond donors (Lipinski definition) is 2. The van der Waals surface area contributed by atoms with Gasteiger partial charge in [-0.25, -0.2) is 15.0 Å². The van der Waals surface area contributed by atoms with Gasteiger partial charge in [0, 0.05) is 6.54 Å².